The molecule has 2 unspecified atom stereocenters. The molecule has 0 bridgehead atoms. The third-order valence-corrected chi connectivity index (χ3v) is 4.27. The maximum Gasteiger partial charge on any atom is 0.386 e. The van der Waals surface area contributed by atoms with Gasteiger partial charge in [-0.15, -0.1) is 0 Å². The lowest BCUT2D eigenvalue weighted by atomic mass is 9.96. The summed E-state index contributed by atoms with van der Waals surface area (Å²) in [6.07, 6.45) is 2.53. The Morgan fingerprint density at radius 3 is 2.81 bits per heavy atom. The van der Waals surface area contributed by atoms with Gasteiger partial charge in [0, 0.05) is 6.00 Å². The Hall–Kier alpha value is 0.525. The minimum atomic E-state index is -3.21. The van der Waals surface area contributed by atoms with Crippen molar-refractivity contribution in [3.63, 3.8) is 0 Å². The highest BCUT2D eigenvalue weighted by Crippen LogP contribution is 2.55. The largest absolute Gasteiger partial charge is 0.386 e. The van der Waals surface area contributed by atoms with Gasteiger partial charge in [0.05, 0.1) is 18.8 Å². The van der Waals surface area contributed by atoms with Crippen LogP contribution in [0.5, 0.6) is 0 Å². The van der Waals surface area contributed by atoms with E-state index < -0.39 is 6.80 Å². The molecule has 0 saturated carbocycles. The van der Waals surface area contributed by atoms with E-state index in [1.807, 2.05) is 7.85 Å². The van der Waals surface area contributed by atoms with Crippen molar-refractivity contribution in [2.24, 2.45) is 0 Å². The molecule has 0 aromatic carbocycles. The van der Waals surface area contributed by atoms with Gasteiger partial charge in [-0.25, -0.2) is 4.57 Å². The van der Waals surface area contributed by atoms with E-state index >= 15 is 0 Å². The molecule has 16 heavy (non-hydrogen) atoms. The Kier molecular flexibility index (Phi) is 5.88. The van der Waals surface area contributed by atoms with Crippen molar-refractivity contribution in [3.05, 3.63) is 0 Å². The van der Waals surface area contributed by atoms with Crippen molar-refractivity contribution >= 4 is 26.9 Å². The van der Waals surface area contributed by atoms with E-state index in [1.165, 1.54) is 0 Å². The number of hydrogen-bond acceptors (Lipinski definition) is 4. The summed E-state index contributed by atoms with van der Waals surface area (Å²) in [7, 11) is 2.00. The molecule has 0 aromatic rings. The lowest BCUT2D eigenvalue weighted by Crippen LogP contribution is -2.23. The van der Waals surface area contributed by atoms with Gasteiger partial charge in [-0.05, 0) is 19.8 Å². The standard InChI is InChI=1S/C9H20BO4PS/c1-3-5-7-8(6-9(10)13-7)14-15(11,16)12-4-2/h7-9H,3-6,10H2,1-2H3,(H,11,16)/t7-,8?,9-,15?/m1/s1. The zero-order chi connectivity index (χ0) is 12.2. The fraction of sp³-hybridized carbons (Fsp3) is 1.00. The van der Waals surface area contributed by atoms with E-state index in [0.717, 1.165) is 19.3 Å². The predicted octanol–water partition coefficient (Wildman–Crippen LogP) is 1.99. The van der Waals surface area contributed by atoms with Gasteiger partial charge in [0.15, 0.2) is 0 Å². The molecule has 1 aliphatic rings. The normalized spacial score (nSPS) is 33.8. The lowest BCUT2D eigenvalue weighted by molar-refractivity contribution is 0.0321. The molecule has 4 nitrogen and oxygen atoms in total. The first-order valence-electron chi connectivity index (χ1n) is 5.79. The molecule has 1 aliphatic heterocycles. The Bertz CT molecular complexity index is 266. The van der Waals surface area contributed by atoms with E-state index in [2.05, 4.69) is 19.2 Å². The molecular weight excluding hydrogens is 246 g/mol. The van der Waals surface area contributed by atoms with Gasteiger partial charge < -0.3 is 9.26 Å². The number of hydrogen-bond donors (Lipinski definition) is 1. The Morgan fingerprint density at radius 2 is 2.25 bits per heavy atom. The molecule has 1 saturated heterocycles. The van der Waals surface area contributed by atoms with Crippen LogP contribution in [-0.2, 0) is 18.3 Å². The Balaban J connectivity index is 2.54. The number of ether oxygens (including phenoxy) is 1. The summed E-state index contributed by atoms with van der Waals surface area (Å²) in [6.45, 7) is 0.978. The molecule has 0 aromatic heterocycles. The van der Waals surface area contributed by atoms with E-state index in [1.54, 1.807) is 6.92 Å². The molecule has 1 rings (SSSR count). The average Bonchev–Trinajstić information content (AvgIpc) is 2.46. The summed E-state index contributed by atoms with van der Waals surface area (Å²) in [5, 5.41) is 0. The van der Waals surface area contributed by atoms with E-state index in [9.17, 15) is 4.57 Å². The van der Waals surface area contributed by atoms with Crippen LogP contribution in [0.25, 0.3) is 0 Å². The second kappa shape index (κ2) is 6.46. The highest BCUT2D eigenvalue weighted by Gasteiger charge is 2.37. The number of thiol groups is 1. The van der Waals surface area contributed by atoms with E-state index in [0.29, 0.717) is 6.61 Å². The average molecular weight is 266 g/mol. The van der Waals surface area contributed by atoms with Crippen LogP contribution in [0.4, 0.5) is 0 Å². The SMILES string of the molecule is B[C@H]1CC(OP(=O)(S)OCC)[C@@H](CCC)O1. The second-order valence-electron chi connectivity index (χ2n) is 4.04. The van der Waals surface area contributed by atoms with Crippen LogP contribution in [0.3, 0.4) is 0 Å². The summed E-state index contributed by atoms with van der Waals surface area (Å²) in [4.78, 5) is 0. The van der Waals surface area contributed by atoms with Crippen LogP contribution in [0, 0.1) is 0 Å². The van der Waals surface area contributed by atoms with Gasteiger partial charge >= 0.3 is 6.80 Å². The molecule has 0 spiro atoms. The van der Waals surface area contributed by atoms with Crippen LogP contribution in [0.15, 0.2) is 0 Å². The van der Waals surface area contributed by atoms with Gasteiger partial charge in [-0.2, -0.15) is 0 Å². The van der Waals surface area contributed by atoms with Crippen molar-refractivity contribution in [2.45, 2.75) is 51.3 Å². The predicted molar refractivity (Wildman–Crippen MR) is 69.8 cm³/mol. The fourth-order valence-corrected chi connectivity index (χ4v) is 3.60. The summed E-state index contributed by atoms with van der Waals surface area (Å²) in [5.74, 6) is 0. The van der Waals surface area contributed by atoms with Crippen molar-refractivity contribution in [3.8, 4) is 0 Å². The zero-order valence-electron chi connectivity index (χ0n) is 10.1. The quantitative estimate of drug-likeness (QED) is 0.453. The first-order chi connectivity index (χ1) is 7.48. The second-order valence-corrected chi connectivity index (χ2v) is 6.92. The molecule has 0 amide bonds. The molecule has 0 aliphatic carbocycles. The minimum absolute atomic E-state index is 0.0148. The van der Waals surface area contributed by atoms with Crippen LogP contribution in [0.2, 0.25) is 0 Å². The molecule has 7 heteroatoms. The van der Waals surface area contributed by atoms with Crippen molar-refractivity contribution < 1.29 is 18.3 Å². The van der Waals surface area contributed by atoms with Crippen LogP contribution in [0.1, 0.15) is 33.1 Å². The van der Waals surface area contributed by atoms with Crippen molar-refractivity contribution in [2.75, 3.05) is 6.61 Å². The van der Waals surface area contributed by atoms with Crippen molar-refractivity contribution in [1.82, 2.24) is 0 Å². The third kappa shape index (κ3) is 4.42. The Morgan fingerprint density at radius 1 is 1.56 bits per heavy atom. The molecule has 0 radical (unpaired) electrons. The molecule has 4 atom stereocenters. The highest BCUT2D eigenvalue weighted by molar-refractivity contribution is 8.44. The molecule has 94 valence electrons. The zero-order valence-corrected chi connectivity index (χ0v) is 11.9. The maximum atomic E-state index is 11.8. The summed E-state index contributed by atoms with van der Waals surface area (Å²) < 4.78 is 27.9. The Labute approximate surface area is 104 Å². The molecule has 1 fully saturated rings. The van der Waals surface area contributed by atoms with Crippen molar-refractivity contribution in [1.29, 1.82) is 0 Å². The summed E-state index contributed by atoms with van der Waals surface area (Å²) in [6, 6.07) is 0.150. The fourth-order valence-electron chi connectivity index (χ4n) is 1.93. The van der Waals surface area contributed by atoms with E-state index in [4.69, 9.17) is 13.8 Å². The van der Waals surface area contributed by atoms with Crippen LogP contribution >= 0.6 is 19.0 Å². The van der Waals surface area contributed by atoms with E-state index in [-0.39, 0.29) is 18.2 Å². The topological polar surface area (TPSA) is 44.8 Å². The van der Waals surface area contributed by atoms with Gasteiger partial charge in [0.1, 0.15) is 7.85 Å². The van der Waals surface area contributed by atoms with Gasteiger partial charge in [-0.3, -0.25) is 4.52 Å². The molecule has 0 N–H and O–H groups in total. The first kappa shape index (κ1) is 14.6. The summed E-state index contributed by atoms with van der Waals surface area (Å²) >= 11 is 3.94. The monoisotopic (exact) mass is 266 g/mol. The third-order valence-electron chi connectivity index (χ3n) is 2.52. The minimum Gasteiger partial charge on any atom is -0.381 e. The molecule has 1 heterocycles. The maximum absolute atomic E-state index is 11.8. The lowest BCUT2D eigenvalue weighted by Gasteiger charge is -2.21. The van der Waals surface area contributed by atoms with Crippen LogP contribution < -0.4 is 0 Å². The number of rotatable bonds is 6. The molecular formula is C9H20BO4PS. The summed E-state index contributed by atoms with van der Waals surface area (Å²) in [5.41, 5.74) is 0. The van der Waals surface area contributed by atoms with Crippen LogP contribution in [-0.4, -0.2) is 32.7 Å². The first-order valence-corrected chi connectivity index (χ1v) is 8.49. The van der Waals surface area contributed by atoms with Gasteiger partial charge in [-0.1, -0.05) is 25.6 Å². The van der Waals surface area contributed by atoms with Gasteiger partial charge in [0.2, 0.25) is 0 Å². The smallest absolute Gasteiger partial charge is 0.381 e. The highest BCUT2D eigenvalue weighted by atomic mass is 32.7. The van der Waals surface area contributed by atoms with Gasteiger partial charge in [0.25, 0.3) is 0 Å².